The average molecular weight is 379 g/mol. The number of likely N-dealkylation sites (tertiary alicyclic amines) is 1. The molecule has 0 spiro atoms. The lowest BCUT2D eigenvalue weighted by molar-refractivity contribution is 0.0511. The second-order valence-electron chi connectivity index (χ2n) is 7.61. The largest absolute Gasteiger partial charge is 0.444 e. The van der Waals surface area contributed by atoms with Gasteiger partial charge in [0.15, 0.2) is 5.84 Å². The number of hydrogen-bond donors (Lipinski definition) is 1. The monoisotopic (exact) mass is 379 g/mol. The summed E-state index contributed by atoms with van der Waals surface area (Å²) < 4.78 is 34.0. The van der Waals surface area contributed by atoms with Crippen LogP contribution < -0.4 is 5.32 Å². The molecule has 1 N–H and O–H groups in total. The van der Waals surface area contributed by atoms with Crippen molar-refractivity contribution in [2.24, 2.45) is 4.40 Å². The van der Waals surface area contributed by atoms with Crippen LogP contribution in [-0.2, 0) is 14.8 Å². The summed E-state index contributed by atoms with van der Waals surface area (Å²) >= 11 is 0. The van der Waals surface area contributed by atoms with E-state index in [1.807, 2.05) is 31.7 Å². The number of piperidine rings is 1. The van der Waals surface area contributed by atoms with E-state index in [1.54, 1.807) is 18.2 Å². The summed E-state index contributed by atoms with van der Waals surface area (Å²) in [5.41, 5.74) is 0.0791. The maximum atomic E-state index is 12.3. The minimum Gasteiger partial charge on any atom is -0.444 e. The lowest BCUT2D eigenvalue weighted by Crippen LogP contribution is -2.50. The van der Waals surface area contributed by atoms with Gasteiger partial charge < -0.3 is 15.0 Å². The van der Waals surface area contributed by atoms with Gasteiger partial charge in [0.1, 0.15) is 10.5 Å². The molecule has 0 aliphatic carbocycles. The fourth-order valence-corrected chi connectivity index (χ4v) is 4.52. The van der Waals surface area contributed by atoms with Crippen LogP contribution in [-0.4, -0.2) is 50.0 Å². The van der Waals surface area contributed by atoms with Gasteiger partial charge in [0.25, 0.3) is 10.0 Å². The third-order valence-corrected chi connectivity index (χ3v) is 5.72. The molecule has 2 heterocycles. The van der Waals surface area contributed by atoms with Crippen molar-refractivity contribution in [2.75, 3.05) is 13.1 Å². The Hall–Kier alpha value is -2.09. The number of rotatable bonds is 2. The number of amidine groups is 1. The van der Waals surface area contributed by atoms with Crippen LogP contribution in [0.25, 0.3) is 0 Å². The van der Waals surface area contributed by atoms with Crippen LogP contribution in [0.5, 0.6) is 0 Å². The van der Waals surface area contributed by atoms with E-state index in [9.17, 15) is 13.2 Å². The lowest BCUT2D eigenvalue weighted by atomic mass is 10.0. The van der Waals surface area contributed by atoms with E-state index >= 15 is 0 Å². The van der Waals surface area contributed by atoms with E-state index in [4.69, 9.17) is 4.74 Å². The number of sulfonamides is 1. The molecule has 7 nitrogen and oxygen atoms in total. The van der Waals surface area contributed by atoms with Crippen LogP contribution in [0.1, 0.15) is 45.6 Å². The minimum atomic E-state index is -3.65. The predicted molar refractivity (Wildman–Crippen MR) is 98.7 cm³/mol. The van der Waals surface area contributed by atoms with Gasteiger partial charge in [-0.2, -0.15) is 8.42 Å². The van der Waals surface area contributed by atoms with Crippen molar-refractivity contribution in [1.82, 2.24) is 10.2 Å². The summed E-state index contributed by atoms with van der Waals surface area (Å²) in [7, 11) is -3.65. The smallest absolute Gasteiger partial charge is 0.407 e. The van der Waals surface area contributed by atoms with Crippen molar-refractivity contribution in [1.29, 1.82) is 0 Å². The Labute approximate surface area is 154 Å². The van der Waals surface area contributed by atoms with E-state index in [0.29, 0.717) is 24.5 Å². The van der Waals surface area contributed by atoms with Crippen molar-refractivity contribution in [3.63, 3.8) is 0 Å². The normalized spacial score (nSPS) is 21.7. The minimum absolute atomic E-state index is 0.0172. The van der Waals surface area contributed by atoms with Crippen LogP contribution >= 0.6 is 0 Å². The maximum absolute atomic E-state index is 12.3. The highest BCUT2D eigenvalue weighted by atomic mass is 32.2. The first-order valence-corrected chi connectivity index (χ1v) is 10.3. The first-order valence-electron chi connectivity index (χ1n) is 8.85. The summed E-state index contributed by atoms with van der Waals surface area (Å²) in [6, 6.07) is 6.86. The van der Waals surface area contributed by atoms with Gasteiger partial charge in [-0.15, -0.1) is 4.40 Å². The van der Waals surface area contributed by atoms with Gasteiger partial charge in [-0.25, -0.2) is 4.79 Å². The van der Waals surface area contributed by atoms with Gasteiger partial charge in [0.2, 0.25) is 0 Å². The molecule has 0 unspecified atom stereocenters. The van der Waals surface area contributed by atoms with Crippen LogP contribution in [0.4, 0.5) is 4.79 Å². The first kappa shape index (κ1) is 18.7. The molecule has 0 saturated carbocycles. The molecule has 0 bridgehead atoms. The highest BCUT2D eigenvalue weighted by molar-refractivity contribution is 7.90. The number of alkyl carbamates (subject to hydrolysis) is 1. The molecular formula is C18H25N3O4S. The summed E-state index contributed by atoms with van der Waals surface area (Å²) in [6.07, 6.45) is 2.38. The van der Waals surface area contributed by atoms with Gasteiger partial charge in [0.05, 0.1) is 0 Å². The zero-order valence-corrected chi connectivity index (χ0v) is 16.2. The van der Waals surface area contributed by atoms with Crippen LogP contribution in [0.2, 0.25) is 0 Å². The van der Waals surface area contributed by atoms with Gasteiger partial charge in [-0.3, -0.25) is 0 Å². The third kappa shape index (κ3) is 4.00. The van der Waals surface area contributed by atoms with Crippen LogP contribution in [0.3, 0.4) is 0 Å². The van der Waals surface area contributed by atoms with Gasteiger partial charge in [0, 0.05) is 24.7 Å². The molecule has 0 aromatic heterocycles. The Morgan fingerprint density at radius 2 is 2.04 bits per heavy atom. The Kier molecular flexibility index (Phi) is 4.96. The van der Waals surface area contributed by atoms with E-state index in [-0.39, 0.29) is 10.9 Å². The SMILES string of the molecule is CC(C)(C)OC(=O)NC[C@@H]1CCCCN1C1=NS(=O)(=O)c2ccccc21. The molecule has 2 aliphatic rings. The highest BCUT2D eigenvalue weighted by Crippen LogP contribution is 2.30. The summed E-state index contributed by atoms with van der Waals surface area (Å²) in [5, 5.41) is 2.80. The fourth-order valence-electron chi connectivity index (χ4n) is 3.30. The second kappa shape index (κ2) is 6.90. The van der Waals surface area contributed by atoms with Crippen molar-refractivity contribution >= 4 is 22.0 Å². The Morgan fingerprint density at radius 1 is 1.31 bits per heavy atom. The summed E-state index contributed by atoms with van der Waals surface area (Å²) in [6.45, 7) is 6.54. The van der Waals surface area contributed by atoms with Crippen LogP contribution in [0.15, 0.2) is 33.6 Å². The molecule has 1 aromatic carbocycles. The van der Waals surface area contributed by atoms with Crippen molar-refractivity contribution in [3.05, 3.63) is 29.8 Å². The van der Waals surface area contributed by atoms with E-state index < -0.39 is 21.7 Å². The number of nitrogens with zero attached hydrogens (tertiary/aromatic N) is 2. The predicted octanol–water partition coefficient (Wildman–Crippen LogP) is 2.51. The van der Waals surface area contributed by atoms with E-state index in [2.05, 4.69) is 9.71 Å². The lowest BCUT2D eigenvalue weighted by Gasteiger charge is -2.37. The standard InChI is InChI=1S/C18H25N3O4S/c1-18(2,3)25-17(22)19-12-13-8-6-7-11-21(13)16-14-9-4-5-10-15(14)26(23,24)20-16/h4-5,9-10,13H,6-8,11-12H2,1-3H3,(H,19,22)/t13-/m0/s1. The summed E-state index contributed by atoms with van der Waals surface area (Å²) in [5.74, 6) is 0.483. The number of carbonyl (C=O) groups is 1. The molecule has 1 saturated heterocycles. The Morgan fingerprint density at radius 3 is 2.77 bits per heavy atom. The van der Waals surface area contributed by atoms with E-state index in [0.717, 1.165) is 19.3 Å². The number of hydrogen-bond acceptors (Lipinski definition) is 5. The van der Waals surface area contributed by atoms with Crippen molar-refractivity contribution in [2.45, 2.75) is 56.6 Å². The number of ether oxygens (including phenoxy) is 1. The molecule has 3 rings (SSSR count). The van der Waals surface area contributed by atoms with Gasteiger partial charge in [-0.05, 0) is 52.2 Å². The van der Waals surface area contributed by atoms with Gasteiger partial charge in [-0.1, -0.05) is 12.1 Å². The topological polar surface area (TPSA) is 88.1 Å². The summed E-state index contributed by atoms with van der Waals surface area (Å²) in [4.78, 5) is 14.2. The molecule has 1 atom stereocenters. The fraction of sp³-hybridized carbons (Fsp3) is 0.556. The zero-order chi connectivity index (χ0) is 18.9. The first-order chi connectivity index (χ1) is 12.2. The number of fused-ring (bicyclic) bond motifs is 1. The Balaban J connectivity index is 1.77. The van der Waals surface area contributed by atoms with Crippen molar-refractivity contribution < 1.29 is 17.9 Å². The average Bonchev–Trinajstić information content (AvgIpc) is 2.84. The second-order valence-corrected chi connectivity index (χ2v) is 9.18. The van der Waals surface area contributed by atoms with E-state index in [1.165, 1.54) is 0 Å². The molecular weight excluding hydrogens is 354 g/mol. The molecule has 2 aliphatic heterocycles. The molecule has 0 radical (unpaired) electrons. The quantitative estimate of drug-likeness (QED) is 0.853. The molecule has 8 heteroatoms. The molecule has 1 fully saturated rings. The van der Waals surface area contributed by atoms with Crippen LogP contribution in [0, 0.1) is 0 Å². The molecule has 1 amide bonds. The van der Waals surface area contributed by atoms with Gasteiger partial charge >= 0.3 is 6.09 Å². The number of nitrogens with one attached hydrogen (secondary N) is 1. The third-order valence-electron chi connectivity index (χ3n) is 4.39. The molecule has 142 valence electrons. The van der Waals surface area contributed by atoms with Crippen molar-refractivity contribution in [3.8, 4) is 0 Å². The number of amides is 1. The Bertz CT molecular complexity index is 827. The number of benzene rings is 1. The maximum Gasteiger partial charge on any atom is 0.407 e. The molecule has 1 aromatic rings. The zero-order valence-electron chi connectivity index (χ0n) is 15.4. The molecule has 26 heavy (non-hydrogen) atoms. The number of carbonyl (C=O) groups excluding carboxylic acids is 1. The highest BCUT2D eigenvalue weighted by Gasteiger charge is 2.35.